The summed E-state index contributed by atoms with van der Waals surface area (Å²) in [6.07, 6.45) is 5.03. The summed E-state index contributed by atoms with van der Waals surface area (Å²) in [5, 5.41) is 0.823. The molecule has 0 radical (unpaired) electrons. The number of benzene rings is 1. The van der Waals surface area contributed by atoms with Crippen LogP contribution in [0.1, 0.15) is 30.4 Å². The molecule has 0 saturated carbocycles. The van der Waals surface area contributed by atoms with Gasteiger partial charge in [-0.05, 0) is 48.0 Å². The van der Waals surface area contributed by atoms with Crippen LogP contribution in [0.4, 0.5) is 5.82 Å². The van der Waals surface area contributed by atoms with E-state index in [1.54, 1.807) is 11.8 Å². The number of anilines is 1. The molecule has 3 rings (SSSR count). The molecule has 2 aromatic rings. The van der Waals surface area contributed by atoms with Gasteiger partial charge in [0, 0.05) is 24.7 Å². The van der Waals surface area contributed by atoms with Gasteiger partial charge >= 0.3 is 0 Å². The minimum atomic E-state index is 0.479. The average Bonchev–Trinajstić information content (AvgIpc) is 2.90. The van der Waals surface area contributed by atoms with Crippen molar-refractivity contribution in [3.63, 3.8) is 0 Å². The Bertz CT molecular complexity index is 659. The van der Waals surface area contributed by atoms with E-state index in [0.717, 1.165) is 28.4 Å². The third kappa shape index (κ3) is 3.15. The minimum absolute atomic E-state index is 0.479. The van der Waals surface area contributed by atoms with Gasteiger partial charge in [-0.15, -0.1) is 0 Å². The summed E-state index contributed by atoms with van der Waals surface area (Å²) in [5.41, 5.74) is 2.74. The maximum atomic E-state index is 4.70. The van der Waals surface area contributed by atoms with Crippen LogP contribution < -0.4 is 4.90 Å². The largest absolute Gasteiger partial charge is 0.352 e. The van der Waals surface area contributed by atoms with Crippen molar-refractivity contribution in [3.8, 4) is 0 Å². The predicted molar refractivity (Wildman–Crippen MR) is 96.9 cm³/mol. The molecule has 0 spiro atoms. The second kappa shape index (κ2) is 6.59. The normalized spacial score (nSPS) is 21.4. The van der Waals surface area contributed by atoms with Crippen molar-refractivity contribution in [3.05, 3.63) is 46.1 Å². The van der Waals surface area contributed by atoms with Crippen LogP contribution in [-0.4, -0.2) is 28.8 Å². The molecule has 2 atom stereocenters. The number of halogens is 1. The first-order valence-corrected chi connectivity index (χ1v) is 9.50. The molecule has 1 aliphatic rings. The Hall–Kier alpha value is -1.07. The third-order valence-corrected chi connectivity index (χ3v) is 5.40. The number of thioether (sulfide) groups is 1. The van der Waals surface area contributed by atoms with Crippen LogP contribution >= 0.6 is 27.7 Å². The molecule has 0 aliphatic carbocycles. The Morgan fingerprint density at radius 2 is 2.00 bits per heavy atom. The highest BCUT2D eigenvalue weighted by atomic mass is 79.9. The molecular formula is C17H20BrN3S. The lowest BCUT2D eigenvalue weighted by molar-refractivity contribution is 0.693. The van der Waals surface area contributed by atoms with Crippen LogP contribution in [0.25, 0.3) is 0 Å². The summed E-state index contributed by atoms with van der Waals surface area (Å²) in [6, 6.07) is 9.41. The number of hydrogen-bond donors (Lipinski definition) is 0. The van der Waals surface area contributed by atoms with Gasteiger partial charge in [0.05, 0.1) is 4.47 Å². The van der Waals surface area contributed by atoms with Crippen molar-refractivity contribution in [2.75, 3.05) is 17.7 Å². The van der Waals surface area contributed by atoms with Gasteiger partial charge in [-0.1, -0.05) is 41.6 Å². The summed E-state index contributed by atoms with van der Waals surface area (Å²) < 4.78 is 0.974. The van der Waals surface area contributed by atoms with Gasteiger partial charge in [0.15, 0.2) is 5.16 Å². The van der Waals surface area contributed by atoms with E-state index >= 15 is 0 Å². The number of aromatic nitrogens is 2. The van der Waals surface area contributed by atoms with Gasteiger partial charge < -0.3 is 4.90 Å². The van der Waals surface area contributed by atoms with Crippen LogP contribution in [0.2, 0.25) is 0 Å². The first-order chi connectivity index (χ1) is 10.6. The summed E-state index contributed by atoms with van der Waals surface area (Å²) in [4.78, 5) is 11.4. The van der Waals surface area contributed by atoms with Crippen molar-refractivity contribution in [1.82, 2.24) is 9.97 Å². The second-order valence-electron chi connectivity index (χ2n) is 5.87. The number of aryl methyl sites for hydroxylation is 1. The topological polar surface area (TPSA) is 29.0 Å². The Kier molecular flexibility index (Phi) is 4.73. The molecule has 116 valence electrons. The maximum Gasteiger partial charge on any atom is 0.189 e. The van der Waals surface area contributed by atoms with Gasteiger partial charge in [0.1, 0.15) is 5.82 Å². The molecule has 0 N–H and O–H groups in total. The predicted octanol–water partition coefficient (Wildman–Crippen LogP) is 4.65. The summed E-state index contributed by atoms with van der Waals surface area (Å²) in [7, 11) is 0. The Balaban J connectivity index is 1.86. The van der Waals surface area contributed by atoms with E-state index < -0.39 is 0 Å². The summed E-state index contributed by atoms with van der Waals surface area (Å²) >= 11 is 5.19. The standard InChI is InChI=1S/C17H20BrN3S/c1-11-4-6-13(7-5-11)14-8-12(2)21(10-14)16-15(18)9-19-17(20-16)22-3/h4-7,9,12,14H,8,10H2,1-3H3. The van der Waals surface area contributed by atoms with Crippen LogP contribution in [0.15, 0.2) is 40.1 Å². The highest BCUT2D eigenvalue weighted by Crippen LogP contribution is 2.37. The first-order valence-electron chi connectivity index (χ1n) is 7.48. The van der Waals surface area contributed by atoms with Crippen LogP contribution in [0, 0.1) is 6.92 Å². The van der Waals surface area contributed by atoms with Crippen LogP contribution in [0.3, 0.4) is 0 Å². The molecule has 0 bridgehead atoms. The van der Waals surface area contributed by atoms with Crippen molar-refractivity contribution in [2.24, 2.45) is 0 Å². The lowest BCUT2D eigenvalue weighted by atomic mass is 9.96. The highest BCUT2D eigenvalue weighted by molar-refractivity contribution is 9.10. The highest BCUT2D eigenvalue weighted by Gasteiger charge is 2.32. The monoisotopic (exact) mass is 377 g/mol. The summed E-state index contributed by atoms with van der Waals surface area (Å²) in [5.74, 6) is 1.58. The Morgan fingerprint density at radius 3 is 2.68 bits per heavy atom. The molecule has 3 nitrogen and oxygen atoms in total. The quantitative estimate of drug-likeness (QED) is 0.574. The Labute approximate surface area is 144 Å². The van der Waals surface area contributed by atoms with Gasteiger partial charge in [-0.25, -0.2) is 9.97 Å². The third-order valence-electron chi connectivity index (χ3n) is 4.28. The van der Waals surface area contributed by atoms with E-state index in [9.17, 15) is 0 Å². The zero-order valence-electron chi connectivity index (χ0n) is 13.1. The average molecular weight is 378 g/mol. The molecular weight excluding hydrogens is 358 g/mol. The van der Waals surface area contributed by atoms with Gasteiger partial charge in [0.25, 0.3) is 0 Å². The SMILES string of the molecule is CSc1ncc(Br)c(N2CC(c3ccc(C)cc3)CC2C)n1. The minimum Gasteiger partial charge on any atom is -0.352 e. The fraction of sp³-hybridized carbons (Fsp3) is 0.412. The van der Waals surface area contributed by atoms with Crippen LogP contribution in [0.5, 0.6) is 0 Å². The van der Waals surface area contributed by atoms with Crippen molar-refractivity contribution >= 4 is 33.5 Å². The van der Waals surface area contributed by atoms with E-state index in [1.807, 2.05) is 12.5 Å². The number of nitrogens with zero attached hydrogens (tertiary/aromatic N) is 3. The van der Waals surface area contributed by atoms with E-state index in [1.165, 1.54) is 11.1 Å². The zero-order chi connectivity index (χ0) is 15.7. The molecule has 1 aliphatic heterocycles. The van der Waals surface area contributed by atoms with Gasteiger partial charge in [-0.2, -0.15) is 0 Å². The molecule has 2 heterocycles. The number of hydrogen-bond acceptors (Lipinski definition) is 4. The zero-order valence-corrected chi connectivity index (χ0v) is 15.5. The van der Waals surface area contributed by atoms with Gasteiger partial charge in [0.2, 0.25) is 0 Å². The number of rotatable bonds is 3. The van der Waals surface area contributed by atoms with Crippen molar-refractivity contribution < 1.29 is 0 Å². The van der Waals surface area contributed by atoms with Gasteiger partial charge in [-0.3, -0.25) is 0 Å². The summed E-state index contributed by atoms with van der Waals surface area (Å²) in [6.45, 7) is 5.42. The Morgan fingerprint density at radius 1 is 1.27 bits per heavy atom. The van der Waals surface area contributed by atoms with Crippen LogP contribution in [-0.2, 0) is 0 Å². The van der Waals surface area contributed by atoms with E-state index in [0.29, 0.717) is 12.0 Å². The molecule has 2 unspecified atom stereocenters. The maximum absolute atomic E-state index is 4.70. The molecule has 1 aromatic heterocycles. The molecule has 1 saturated heterocycles. The molecule has 1 aromatic carbocycles. The lowest BCUT2D eigenvalue weighted by Crippen LogP contribution is -2.28. The molecule has 22 heavy (non-hydrogen) atoms. The lowest BCUT2D eigenvalue weighted by Gasteiger charge is -2.24. The first kappa shape index (κ1) is 15.8. The smallest absolute Gasteiger partial charge is 0.189 e. The van der Waals surface area contributed by atoms with Crippen molar-refractivity contribution in [2.45, 2.75) is 37.4 Å². The fourth-order valence-electron chi connectivity index (χ4n) is 3.05. The van der Waals surface area contributed by atoms with E-state index in [4.69, 9.17) is 4.98 Å². The van der Waals surface area contributed by atoms with E-state index in [2.05, 4.69) is 63.9 Å². The molecule has 1 fully saturated rings. The van der Waals surface area contributed by atoms with Crippen molar-refractivity contribution in [1.29, 1.82) is 0 Å². The van der Waals surface area contributed by atoms with E-state index in [-0.39, 0.29) is 0 Å². The molecule has 0 amide bonds. The fourth-order valence-corrected chi connectivity index (χ4v) is 3.80. The molecule has 5 heteroatoms. The second-order valence-corrected chi connectivity index (χ2v) is 7.50.